The van der Waals surface area contributed by atoms with Crippen molar-refractivity contribution in [3.05, 3.63) is 27.7 Å². The van der Waals surface area contributed by atoms with Crippen molar-refractivity contribution in [3.63, 3.8) is 0 Å². The molecule has 4 N–H and O–H groups in total. The Morgan fingerprint density at radius 2 is 1.81 bits per heavy atom. The van der Waals surface area contributed by atoms with Crippen molar-refractivity contribution in [1.82, 2.24) is 0 Å². The topological polar surface area (TPSA) is 109 Å². The number of aromatic carboxylic acids is 1. The van der Waals surface area contributed by atoms with Gasteiger partial charge < -0.3 is 16.2 Å². The van der Waals surface area contributed by atoms with E-state index in [-0.39, 0.29) is 39.4 Å². The van der Waals surface area contributed by atoms with E-state index in [2.05, 4.69) is 5.32 Å². The van der Waals surface area contributed by atoms with Gasteiger partial charge in [-0.15, -0.1) is 0 Å². The minimum Gasteiger partial charge on any atom is -0.478 e. The molecule has 9 heteroatoms. The Hall–Kier alpha value is -1.44. The summed E-state index contributed by atoms with van der Waals surface area (Å²) in [6.07, 6.45) is 0.144. The van der Waals surface area contributed by atoms with Crippen molar-refractivity contribution in [1.29, 1.82) is 0 Å². The zero-order chi connectivity index (χ0) is 16.0. The third kappa shape index (κ3) is 5.82. The molecule has 0 saturated heterocycles. The second-order valence-electron chi connectivity index (χ2n) is 3.94. The average molecular weight is 351 g/mol. The van der Waals surface area contributed by atoms with E-state index in [1.807, 2.05) is 0 Å². The molecule has 0 unspecified atom stereocenters. The molecule has 6 nitrogen and oxygen atoms in total. The number of amides is 2. The fourth-order valence-corrected chi connectivity index (χ4v) is 2.61. The normalized spacial score (nSPS) is 10.2. The second-order valence-corrected chi connectivity index (χ2v) is 5.86. The predicted molar refractivity (Wildman–Crippen MR) is 83.2 cm³/mol. The number of rotatable bonds is 7. The third-order valence-corrected chi connectivity index (χ3v) is 3.85. The van der Waals surface area contributed by atoms with Crippen LogP contribution < -0.4 is 11.1 Å². The van der Waals surface area contributed by atoms with Gasteiger partial charge in [0.25, 0.3) is 0 Å². The number of nitrogens with two attached hydrogens (primary N) is 1. The largest absolute Gasteiger partial charge is 0.478 e. The molecule has 0 heterocycles. The van der Waals surface area contributed by atoms with Crippen molar-refractivity contribution in [2.24, 2.45) is 5.73 Å². The molecular formula is C12H12Cl2N2O4S. The maximum absolute atomic E-state index is 11.7. The standard InChI is InChI=1S/C12H12Cl2N2O4S/c13-7-3-6(12(19)20)4-8(14)11(7)16-10(18)1-2-21-5-9(15)17/h3-4H,1-2,5H2,(H2,15,17)(H,16,18)(H,19,20). The highest BCUT2D eigenvalue weighted by Crippen LogP contribution is 2.32. The first-order chi connectivity index (χ1) is 9.81. The summed E-state index contributed by atoms with van der Waals surface area (Å²) in [5.74, 6) is -1.41. The maximum atomic E-state index is 11.7. The molecule has 0 radical (unpaired) electrons. The van der Waals surface area contributed by atoms with Crippen molar-refractivity contribution in [2.45, 2.75) is 6.42 Å². The van der Waals surface area contributed by atoms with E-state index in [0.717, 1.165) is 0 Å². The van der Waals surface area contributed by atoms with Crippen molar-refractivity contribution in [2.75, 3.05) is 16.8 Å². The Bertz CT molecular complexity index is 557. The van der Waals surface area contributed by atoms with Crippen LogP contribution in [0.5, 0.6) is 0 Å². The van der Waals surface area contributed by atoms with Crippen LogP contribution in [0.15, 0.2) is 12.1 Å². The van der Waals surface area contributed by atoms with Crippen LogP contribution in [-0.4, -0.2) is 34.4 Å². The van der Waals surface area contributed by atoms with Gasteiger partial charge in [-0.1, -0.05) is 23.2 Å². The summed E-state index contributed by atoms with van der Waals surface area (Å²) in [5, 5.41) is 11.4. The number of anilines is 1. The highest BCUT2D eigenvalue weighted by atomic mass is 35.5. The van der Waals surface area contributed by atoms with Crippen LogP contribution in [0.25, 0.3) is 0 Å². The van der Waals surface area contributed by atoms with E-state index in [4.69, 9.17) is 34.0 Å². The number of carboxylic acids is 1. The summed E-state index contributed by atoms with van der Waals surface area (Å²) in [6.45, 7) is 0. The van der Waals surface area contributed by atoms with Gasteiger partial charge in [0.15, 0.2) is 0 Å². The molecule has 0 fully saturated rings. The maximum Gasteiger partial charge on any atom is 0.335 e. The monoisotopic (exact) mass is 350 g/mol. The molecule has 0 aliphatic heterocycles. The molecule has 1 aromatic carbocycles. The molecule has 0 spiro atoms. The fraction of sp³-hybridized carbons (Fsp3) is 0.250. The van der Waals surface area contributed by atoms with Crippen LogP contribution in [0.1, 0.15) is 16.8 Å². The van der Waals surface area contributed by atoms with Crippen molar-refractivity contribution in [3.8, 4) is 0 Å². The van der Waals surface area contributed by atoms with Gasteiger partial charge in [0, 0.05) is 12.2 Å². The number of carbonyl (C=O) groups is 3. The van der Waals surface area contributed by atoms with Crippen molar-refractivity contribution < 1.29 is 19.5 Å². The average Bonchev–Trinajstić information content (AvgIpc) is 2.38. The quantitative estimate of drug-likeness (QED) is 0.653. The highest BCUT2D eigenvalue weighted by Gasteiger charge is 2.14. The molecule has 1 aromatic rings. The highest BCUT2D eigenvalue weighted by molar-refractivity contribution is 7.99. The summed E-state index contributed by atoms with van der Waals surface area (Å²) >= 11 is 13.0. The summed E-state index contributed by atoms with van der Waals surface area (Å²) in [6, 6.07) is 2.40. The second kappa shape index (κ2) is 8.11. The summed E-state index contributed by atoms with van der Waals surface area (Å²) < 4.78 is 0. The van der Waals surface area contributed by atoms with Crippen LogP contribution in [-0.2, 0) is 9.59 Å². The minimum atomic E-state index is -1.17. The molecule has 2 amide bonds. The molecule has 0 saturated carbocycles. The molecule has 0 bridgehead atoms. The van der Waals surface area contributed by atoms with Gasteiger partial charge in [0.1, 0.15) is 0 Å². The van der Waals surface area contributed by atoms with Gasteiger partial charge in [-0.3, -0.25) is 9.59 Å². The molecule has 1 rings (SSSR count). The van der Waals surface area contributed by atoms with Crippen molar-refractivity contribution >= 4 is 58.4 Å². The van der Waals surface area contributed by atoms with Gasteiger partial charge >= 0.3 is 5.97 Å². The summed E-state index contributed by atoms with van der Waals surface area (Å²) in [7, 11) is 0. The van der Waals surface area contributed by atoms with Gasteiger partial charge in [-0.25, -0.2) is 4.79 Å². The van der Waals surface area contributed by atoms with Crippen LogP contribution in [0.4, 0.5) is 5.69 Å². The summed E-state index contributed by atoms with van der Waals surface area (Å²) in [4.78, 5) is 33.1. The SMILES string of the molecule is NC(=O)CSCCC(=O)Nc1c(Cl)cc(C(=O)O)cc1Cl. The Morgan fingerprint density at radius 1 is 1.24 bits per heavy atom. The number of halogens is 2. The van der Waals surface area contributed by atoms with E-state index in [1.54, 1.807) is 0 Å². The van der Waals surface area contributed by atoms with Crippen LogP contribution >= 0.6 is 35.0 Å². The van der Waals surface area contributed by atoms with E-state index >= 15 is 0 Å². The van der Waals surface area contributed by atoms with Gasteiger partial charge in [0.05, 0.1) is 27.0 Å². The van der Waals surface area contributed by atoms with E-state index < -0.39 is 11.9 Å². The molecule has 21 heavy (non-hydrogen) atoms. The van der Waals surface area contributed by atoms with Gasteiger partial charge in [0.2, 0.25) is 11.8 Å². The van der Waals surface area contributed by atoms with E-state index in [0.29, 0.717) is 5.75 Å². The Labute approximate surface area is 135 Å². The first-order valence-electron chi connectivity index (χ1n) is 5.69. The first-order valence-corrected chi connectivity index (χ1v) is 7.60. The number of hydrogen-bond donors (Lipinski definition) is 3. The Morgan fingerprint density at radius 3 is 2.29 bits per heavy atom. The lowest BCUT2D eigenvalue weighted by Gasteiger charge is -2.10. The zero-order valence-corrected chi connectivity index (χ0v) is 13.0. The lowest BCUT2D eigenvalue weighted by molar-refractivity contribution is -0.116. The molecule has 0 aliphatic rings. The number of hydrogen-bond acceptors (Lipinski definition) is 4. The number of benzene rings is 1. The minimum absolute atomic E-state index is 0.0399. The lowest BCUT2D eigenvalue weighted by Crippen LogP contribution is -2.16. The number of nitrogens with one attached hydrogen (secondary N) is 1. The Kier molecular flexibility index (Phi) is 6.80. The molecule has 114 valence electrons. The number of thioether (sulfide) groups is 1. The summed E-state index contributed by atoms with van der Waals surface area (Å²) in [5.41, 5.74) is 5.06. The fourth-order valence-electron chi connectivity index (χ4n) is 1.36. The van der Waals surface area contributed by atoms with Crippen LogP contribution in [0.3, 0.4) is 0 Å². The molecule has 0 atom stereocenters. The van der Waals surface area contributed by atoms with Gasteiger partial charge in [-0.2, -0.15) is 11.8 Å². The lowest BCUT2D eigenvalue weighted by atomic mass is 10.2. The predicted octanol–water partition coefficient (Wildman–Crippen LogP) is 2.24. The van der Waals surface area contributed by atoms with Crippen LogP contribution in [0.2, 0.25) is 10.0 Å². The van der Waals surface area contributed by atoms with E-state index in [9.17, 15) is 14.4 Å². The number of carbonyl (C=O) groups excluding carboxylic acids is 2. The van der Waals surface area contributed by atoms with E-state index in [1.165, 1.54) is 23.9 Å². The smallest absolute Gasteiger partial charge is 0.335 e. The number of carboxylic acid groups (broad SMARTS) is 1. The van der Waals surface area contributed by atoms with Crippen LogP contribution in [0, 0.1) is 0 Å². The Balaban J connectivity index is 2.64. The third-order valence-electron chi connectivity index (χ3n) is 2.27. The first kappa shape index (κ1) is 17.6. The molecule has 0 aliphatic carbocycles. The van der Waals surface area contributed by atoms with Gasteiger partial charge in [-0.05, 0) is 12.1 Å². The number of primary amides is 1. The molecule has 0 aromatic heterocycles. The zero-order valence-electron chi connectivity index (χ0n) is 10.7. The molecular weight excluding hydrogens is 339 g/mol.